The number of aromatic nitrogens is 4. The lowest BCUT2D eigenvalue weighted by Gasteiger charge is -2.34. The molecule has 1 N–H and O–H groups in total. The molecule has 1 aliphatic heterocycles. The Morgan fingerprint density at radius 3 is 2.33 bits per heavy atom. The highest BCUT2D eigenvalue weighted by molar-refractivity contribution is 8.00. The Morgan fingerprint density at radius 2 is 1.67 bits per heavy atom. The average molecular weight is 640 g/mol. The molecule has 1 fully saturated rings. The summed E-state index contributed by atoms with van der Waals surface area (Å²) in [6.07, 6.45) is -2.77. The van der Waals surface area contributed by atoms with Crippen LogP contribution in [-0.4, -0.2) is 64.1 Å². The molecule has 0 atom stereocenters. The molecule has 2 aromatic heterocycles. The molecule has 5 rings (SSSR count). The van der Waals surface area contributed by atoms with Gasteiger partial charge in [0.05, 0.1) is 22.5 Å². The van der Waals surface area contributed by atoms with Crippen LogP contribution in [0.5, 0.6) is 11.6 Å². The van der Waals surface area contributed by atoms with E-state index >= 15 is 8.78 Å². The number of hydrogen-bond acceptors (Lipinski definition) is 8. The first-order chi connectivity index (χ1) is 20.3. The van der Waals surface area contributed by atoms with Crippen molar-refractivity contribution in [3.8, 4) is 22.9 Å². The van der Waals surface area contributed by atoms with Crippen LogP contribution in [0.1, 0.15) is 11.1 Å². The number of nitrogens with one attached hydrogen (secondary N) is 1. The lowest BCUT2D eigenvalue weighted by Crippen LogP contribution is -2.44. The Kier molecular flexibility index (Phi) is 8.72. The molecule has 43 heavy (non-hydrogen) atoms. The van der Waals surface area contributed by atoms with Gasteiger partial charge in [0.1, 0.15) is 16.3 Å². The van der Waals surface area contributed by atoms with Crippen LogP contribution >= 0.6 is 23.5 Å². The third-order valence-electron chi connectivity index (χ3n) is 6.88. The van der Waals surface area contributed by atoms with E-state index in [9.17, 15) is 13.2 Å². The summed E-state index contributed by atoms with van der Waals surface area (Å²) >= 11 is 7.69. The minimum absolute atomic E-state index is 0.0559. The van der Waals surface area contributed by atoms with Crippen LogP contribution in [0.2, 0.25) is 5.02 Å². The normalized spacial score (nSPS) is 14.7. The Balaban J connectivity index is 1.66. The van der Waals surface area contributed by atoms with Gasteiger partial charge >= 0.3 is 12.1 Å². The van der Waals surface area contributed by atoms with E-state index in [4.69, 9.17) is 16.3 Å². The van der Waals surface area contributed by atoms with Crippen molar-refractivity contribution in [3.63, 3.8) is 0 Å². The summed E-state index contributed by atoms with van der Waals surface area (Å²) in [4.78, 5) is 12.9. The van der Waals surface area contributed by atoms with Crippen LogP contribution in [0, 0.1) is 6.92 Å². The average Bonchev–Trinajstić information content (AvgIpc) is 3.38. The molecule has 0 radical (unpaired) electrons. The summed E-state index contributed by atoms with van der Waals surface area (Å²) in [6, 6.07) is 10.9. The second-order valence-electron chi connectivity index (χ2n) is 10.00. The Bertz CT molecular complexity index is 1610. The van der Waals surface area contributed by atoms with Crippen molar-refractivity contribution in [2.24, 2.45) is 7.05 Å². The monoisotopic (exact) mass is 639 g/mol. The number of ether oxygens (including phenoxy) is 1. The molecule has 15 heteroatoms. The maximum atomic E-state index is 15.4. The molecule has 0 bridgehead atoms. The number of piperazine rings is 1. The second-order valence-corrected chi connectivity index (χ2v) is 11.3. The van der Waals surface area contributed by atoms with Crippen LogP contribution < -0.4 is 14.4 Å². The molecule has 0 saturated carbocycles. The molecule has 0 aliphatic carbocycles. The zero-order valence-corrected chi connectivity index (χ0v) is 24.9. The molecule has 3 heterocycles. The predicted octanol–water partition coefficient (Wildman–Crippen LogP) is 7.16. The third kappa shape index (κ3) is 6.50. The van der Waals surface area contributed by atoms with E-state index in [1.807, 2.05) is 11.9 Å². The standard InChI is InChI=1S/C28H27ClF5N7OS/c1-17-7-4-5-8-19(17)24-22(27(30,31)28(32,33)34)25(37-26(36-24)38-43-18-15-35-40(3)16-18)42-21-10-6-9-20(23(21)29)41-13-11-39(2)12-14-41/h4-10,15-16H,11-14H2,1-3H3,(H,36,37,38). The molecule has 0 unspecified atom stereocenters. The van der Waals surface area contributed by atoms with Gasteiger partial charge in [-0.1, -0.05) is 41.9 Å². The van der Waals surface area contributed by atoms with Gasteiger partial charge in [0.15, 0.2) is 0 Å². The third-order valence-corrected chi connectivity index (χ3v) is 7.99. The van der Waals surface area contributed by atoms with Crippen LogP contribution in [0.15, 0.2) is 59.8 Å². The number of alkyl halides is 5. The van der Waals surface area contributed by atoms with Crippen LogP contribution in [0.25, 0.3) is 11.3 Å². The van der Waals surface area contributed by atoms with Gasteiger partial charge in [0, 0.05) is 45.0 Å². The molecule has 2 aromatic carbocycles. The van der Waals surface area contributed by atoms with Crippen molar-refractivity contribution in [2.75, 3.05) is 42.8 Å². The predicted molar refractivity (Wildman–Crippen MR) is 156 cm³/mol. The molecule has 1 aliphatic rings. The van der Waals surface area contributed by atoms with E-state index < -0.39 is 29.2 Å². The number of anilines is 2. The fourth-order valence-corrected chi connectivity index (χ4v) is 5.44. The van der Waals surface area contributed by atoms with Crippen molar-refractivity contribution in [1.29, 1.82) is 0 Å². The highest BCUT2D eigenvalue weighted by atomic mass is 35.5. The SMILES string of the molecule is Cc1ccccc1-c1nc(NSc2cnn(C)c2)nc(Oc2cccc(N3CCN(C)CC3)c2Cl)c1C(F)(F)C(F)(F)F. The van der Waals surface area contributed by atoms with Gasteiger partial charge in [0.2, 0.25) is 11.8 Å². The van der Waals surface area contributed by atoms with E-state index in [0.717, 1.165) is 25.0 Å². The maximum Gasteiger partial charge on any atom is 0.458 e. The van der Waals surface area contributed by atoms with Crippen molar-refractivity contribution < 1.29 is 26.7 Å². The van der Waals surface area contributed by atoms with Gasteiger partial charge in [-0.15, -0.1) is 0 Å². The summed E-state index contributed by atoms with van der Waals surface area (Å²) < 4.78 is 83.0. The summed E-state index contributed by atoms with van der Waals surface area (Å²) in [7, 11) is 3.69. The molecule has 0 amide bonds. The zero-order valence-electron chi connectivity index (χ0n) is 23.3. The van der Waals surface area contributed by atoms with E-state index in [2.05, 4.69) is 24.7 Å². The van der Waals surface area contributed by atoms with Gasteiger partial charge in [-0.3, -0.25) is 9.40 Å². The summed E-state index contributed by atoms with van der Waals surface area (Å²) in [5.74, 6) is -6.74. The number of rotatable bonds is 8. The van der Waals surface area contributed by atoms with Crippen LogP contribution in [-0.2, 0) is 13.0 Å². The molecular formula is C28H27ClF5N7OS. The molecule has 0 spiro atoms. The molecule has 8 nitrogen and oxygen atoms in total. The van der Waals surface area contributed by atoms with E-state index in [1.54, 1.807) is 49.1 Å². The van der Waals surface area contributed by atoms with Crippen molar-refractivity contribution in [1.82, 2.24) is 24.6 Å². The largest absolute Gasteiger partial charge is 0.458 e. The Hall–Kier alpha value is -3.62. The Labute approximate surface area is 254 Å². The second kappa shape index (κ2) is 12.2. The number of halogens is 6. The first-order valence-corrected chi connectivity index (χ1v) is 14.3. The van der Waals surface area contributed by atoms with E-state index in [0.29, 0.717) is 29.2 Å². The number of nitrogens with zero attached hydrogens (tertiary/aromatic N) is 6. The molecular weight excluding hydrogens is 613 g/mol. The molecule has 228 valence electrons. The molecule has 4 aromatic rings. The van der Waals surface area contributed by atoms with Gasteiger partial charge in [0.25, 0.3) is 0 Å². The van der Waals surface area contributed by atoms with Crippen LogP contribution in [0.3, 0.4) is 0 Å². The first kappa shape index (κ1) is 30.8. The highest BCUT2D eigenvalue weighted by Gasteiger charge is 2.62. The maximum absolute atomic E-state index is 15.4. The van der Waals surface area contributed by atoms with Crippen LogP contribution in [0.4, 0.5) is 33.6 Å². The van der Waals surface area contributed by atoms with E-state index in [1.165, 1.54) is 24.4 Å². The molecule has 1 saturated heterocycles. The van der Waals surface area contributed by atoms with Crippen molar-refractivity contribution >= 4 is 35.2 Å². The summed E-state index contributed by atoms with van der Waals surface area (Å²) in [5, 5.41) is 4.12. The first-order valence-electron chi connectivity index (χ1n) is 13.1. The topological polar surface area (TPSA) is 71.3 Å². The lowest BCUT2D eigenvalue weighted by atomic mass is 9.98. The number of benzene rings is 2. The minimum Gasteiger partial charge on any atom is -0.437 e. The van der Waals surface area contributed by atoms with Gasteiger partial charge < -0.3 is 14.5 Å². The quantitative estimate of drug-likeness (QED) is 0.161. The minimum atomic E-state index is -5.98. The van der Waals surface area contributed by atoms with Gasteiger partial charge in [-0.25, -0.2) is 4.98 Å². The summed E-state index contributed by atoms with van der Waals surface area (Å²) in [6.45, 7) is 4.39. The van der Waals surface area contributed by atoms with Gasteiger partial charge in [-0.05, 0) is 43.6 Å². The summed E-state index contributed by atoms with van der Waals surface area (Å²) in [5.41, 5.74) is -1.11. The fourth-order valence-electron chi connectivity index (χ4n) is 4.55. The van der Waals surface area contributed by atoms with E-state index in [-0.39, 0.29) is 22.3 Å². The number of likely N-dealkylation sites (N-methyl/N-ethyl adjacent to an activating group) is 1. The lowest BCUT2D eigenvalue weighted by molar-refractivity contribution is -0.289. The van der Waals surface area contributed by atoms with Crippen molar-refractivity contribution in [3.05, 3.63) is 71.0 Å². The Morgan fingerprint density at radius 1 is 0.953 bits per heavy atom. The van der Waals surface area contributed by atoms with Gasteiger partial charge in [-0.2, -0.15) is 32.0 Å². The number of aryl methyl sites for hydroxylation is 2. The highest BCUT2D eigenvalue weighted by Crippen LogP contribution is 2.51. The smallest absolute Gasteiger partial charge is 0.437 e. The fraction of sp³-hybridized carbons (Fsp3) is 0.321. The number of hydrogen-bond donors (Lipinski definition) is 1. The zero-order chi connectivity index (χ0) is 30.9. The van der Waals surface area contributed by atoms with Crippen molar-refractivity contribution in [2.45, 2.75) is 23.9 Å².